The maximum absolute atomic E-state index is 14.3. The third kappa shape index (κ3) is 3.13. The molecule has 0 spiro atoms. The van der Waals surface area contributed by atoms with E-state index in [0.717, 1.165) is 10.4 Å². The van der Waals surface area contributed by atoms with E-state index in [1.54, 1.807) is 41.3 Å². The number of benzene rings is 1. The van der Waals surface area contributed by atoms with Crippen LogP contribution in [0.2, 0.25) is 0 Å². The summed E-state index contributed by atoms with van der Waals surface area (Å²) in [5.74, 6) is 0.637. The average molecular weight is 407 g/mol. The largest absolute Gasteiger partial charge is 0.469 e. The Hall–Kier alpha value is -3.66. The first-order valence-corrected chi connectivity index (χ1v) is 9.59. The third-order valence-electron chi connectivity index (χ3n) is 4.40. The molecular formula is C19H14FN7OS. The fourth-order valence-corrected chi connectivity index (χ4v) is 3.66. The van der Waals surface area contributed by atoms with Gasteiger partial charge < -0.3 is 4.74 Å². The highest BCUT2D eigenvalue weighted by Crippen LogP contribution is 2.35. The zero-order chi connectivity index (χ0) is 19.8. The second kappa shape index (κ2) is 7.06. The van der Waals surface area contributed by atoms with Gasteiger partial charge in [-0.25, -0.2) is 9.37 Å². The second-order valence-electron chi connectivity index (χ2n) is 6.20. The van der Waals surface area contributed by atoms with Gasteiger partial charge >= 0.3 is 0 Å². The summed E-state index contributed by atoms with van der Waals surface area (Å²) in [6.45, 7) is 0.189. The van der Waals surface area contributed by atoms with E-state index in [9.17, 15) is 4.39 Å². The fraction of sp³-hybridized carbons (Fsp3) is 0.105. The number of hydrogen-bond acceptors (Lipinski definition) is 7. The molecule has 0 aliphatic heterocycles. The number of para-hydroxylation sites is 1. The number of aryl methyl sites for hydroxylation is 1. The number of hydrogen-bond donors (Lipinski definition) is 0. The van der Waals surface area contributed by atoms with Crippen LogP contribution in [0.5, 0.6) is 5.88 Å². The quantitative estimate of drug-likeness (QED) is 0.444. The topological polar surface area (TPSA) is 83.5 Å². The smallest absolute Gasteiger partial charge is 0.224 e. The standard InChI is InChI=1S/C19H14FN7OS/c1-26-17(21-11-22-26)10-28-19-12(16-7-4-8-29-16)9-14-18(23-19)27(25-24-14)15-6-3-2-5-13(15)20/h2-9,11H,10H2,1H3. The summed E-state index contributed by atoms with van der Waals surface area (Å²) >= 11 is 1.56. The molecule has 0 aliphatic rings. The van der Waals surface area contributed by atoms with E-state index >= 15 is 0 Å². The Morgan fingerprint density at radius 2 is 2.07 bits per heavy atom. The predicted octanol–water partition coefficient (Wildman–Crippen LogP) is 3.39. The Bertz CT molecular complexity index is 1300. The first-order valence-electron chi connectivity index (χ1n) is 8.71. The van der Waals surface area contributed by atoms with Crippen molar-refractivity contribution in [2.24, 2.45) is 7.05 Å². The summed E-state index contributed by atoms with van der Waals surface area (Å²) in [5.41, 5.74) is 2.01. The molecule has 0 N–H and O–H groups in total. The summed E-state index contributed by atoms with van der Waals surface area (Å²) < 4.78 is 23.3. The van der Waals surface area contributed by atoms with Crippen LogP contribution in [0.1, 0.15) is 5.82 Å². The monoisotopic (exact) mass is 407 g/mol. The van der Waals surface area contributed by atoms with Gasteiger partial charge in [0.25, 0.3) is 0 Å². The number of fused-ring (bicyclic) bond motifs is 1. The molecule has 4 heterocycles. The molecule has 0 fully saturated rings. The number of halogens is 1. The molecule has 144 valence electrons. The molecule has 0 aliphatic carbocycles. The lowest BCUT2D eigenvalue weighted by Crippen LogP contribution is -2.07. The van der Waals surface area contributed by atoms with Gasteiger partial charge in [-0.2, -0.15) is 14.8 Å². The van der Waals surface area contributed by atoms with Crippen molar-refractivity contribution in [1.82, 2.24) is 34.7 Å². The molecule has 0 saturated carbocycles. The number of thiophene rings is 1. The summed E-state index contributed by atoms with van der Waals surface area (Å²) in [7, 11) is 1.79. The first kappa shape index (κ1) is 17.4. The van der Waals surface area contributed by atoms with E-state index in [0.29, 0.717) is 22.9 Å². The van der Waals surface area contributed by atoms with E-state index < -0.39 is 5.82 Å². The van der Waals surface area contributed by atoms with Gasteiger partial charge in [0, 0.05) is 11.9 Å². The Morgan fingerprint density at radius 3 is 2.83 bits per heavy atom. The van der Waals surface area contributed by atoms with Gasteiger partial charge in [0.1, 0.15) is 30.0 Å². The number of pyridine rings is 1. The molecular weight excluding hydrogens is 393 g/mol. The normalized spacial score (nSPS) is 11.2. The number of rotatable bonds is 5. The van der Waals surface area contributed by atoms with Crippen molar-refractivity contribution in [3.05, 3.63) is 65.8 Å². The maximum atomic E-state index is 14.3. The van der Waals surface area contributed by atoms with Crippen molar-refractivity contribution in [3.8, 4) is 22.0 Å². The lowest BCUT2D eigenvalue weighted by molar-refractivity contribution is 0.280. The summed E-state index contributed by atoms with van der Waals surface area (Å²) in [6.07, 6.45) is 1.46. The van der Waals surface area contributed by atoms with Crippen molar-refractivity contribution in [2.45, 2.75) is 6.61 Å². The van der Waals surface area contributed by atoms with Crippen LogP contribution in [-0.4, -0.2) is 34.7 Å². The molecule has 0 amide bonds. The molecule has 5 rings (SSSR count). The molecule has 1 aromatic carbocycles. The van der Waals surface area contributed by atoms with Crippen molar-refractivity contribution in [1.29, 1.82) is 0 Å². The van der Waals surface area contributed by atoms with Gasteiger partial charge in [0.2, 0.25) is 5.88 Å². The molecule has 10 heteroatoms. The average Bonchev–Trinajstić information content (AvgIpc) is 3.47. The Kier molecular flexibility index (Phi) is 4.24. The number of nitrogens with zero attached hydrogens (tertiary/aromatic N) is 7. The Morgan fingerprint density at radius 1 is 1.17 bits per heavy atom. The van der Waals surface area contributed by atoms with E-state index in [-0.39, 0.29) is 12.3 Å². The minimum Gasteiger partial charge on any atom is -0.469 e. The minimum absolute atomic E-state index is 0.189. The van der Waals surface area contributed by atoms with Crippen molar-refractivity contribution in [3.63, 3.8) is 0 Å². The van der Waals surface area contributed by atoms with Crippen LogP contribution < -0.4 is 4.74 Å². The molecule has 0 saturated heterocycles. The maximum Gasteiger partial charge on any atom is 0.224 e. The van der Waals surface area contributed by atoms with Gasteiger partial charge in [0.05, 0.1) is 5.56 Å². The van der Waals surface area contributed by atoms with E-state index in [4.69, 9.17) is 4.74 Å². The van der Waals surface area contributed by atoms with E-state index in [1.165, 1.54) is 17.1 Å². The first-order chi connectivity index (χ1) is 14.2. The van der Waals surface area contributed by atoms with Crippen molar-refractivity contribution >= 4 is 22.5 Å². The molecule has 0 radical (unpaired) electrons. The van der Waals surface area contributed by atoms with Crippen LogP contribution in [0.25, 0.3) is 27.3 Å². The molecule has 4 aromatic heterocycles. The van der Waals surface area contributed by atoms with Gasteiger partial charge in [-0.1, -0.05) is 23.4 Å². The molecule has 0 bridgehead atoms. The molecule has 5 aromatic rings. The van der Waals surface area contributed by atoms with Crippen LogP contribution in [0, 0.1) is 5.82 Å². The van der Waals surface area contributed by atoms with Crippen LogP contribution in [0.4, 0.5) is 4.39 Å². The summed E-state index contributed by atoms with van der Waals surface area (Å²) in [5, 5.41) is 14.3. The molecule has 0 atom stereocenters. The summed E-state index contributed by atoms with van der Waals surface area (Å²) in [4.78, 5) is 9.79. The summed E-state index contributed by atoms with van der Waals surface area (Å²) in [6, 6.07) is 12.1. The lowest BCUT2D eigenvalue weighted by atomic mass is 10.2. The molecule has 0 unspecified atom stereocenters. The third-order valence-corrected chi connectivity index (χ3v) is 5.30. The second-order valence-corrected chi connectivity index (χ2v) is 7.15. The predicted molar refractivity (Wildman–Crippen MR) is 105 cm³/mol. The zero-order valence-corrected chi connectivity index (χ0v) is 16.0. The lowest BCUT2D eigenvalue weighted by Gasteiger charge is -2.10. The van der Waals surface area contributed by atoms with Crippen LogP contribution in [0.3, 0.4) is 0 Å². The Labute approximate surface area is 168 Å². The number of aromatic nitrogens is 7. The highest BCUT2D eigenvalue weighted by atomic mass is 32.1. The van der Waals surface area contributed by atoms with Gasteiger partial charge in [-0.3, -0.25) is 4.68 Å². The SMILES string of the molecule is Cn1ncnc1COc1nc2c(cc1-c1cccs1)nnn2-c1ccccc1F. The van der Waals surface area contributed by atoms with E-state index in [2.05, 4.69) is 25.4 Å². The highest BCUT2D eigenvalue weighted by molar-refractivity contribution is 7.13. The van der Waals surface area contributed by atoms with Gasteiger partial charge in [-0.15, -0.1) is 16.4 Å². The fourth-order valence-electron chi connectivity index (χ4n) is 2.93. The highest BCUT2D eigenvalue weighted by Gasteiger charge is 2.18. The van der Waals surface area contributed by atoms with Crippen LogP contribution >= 0.6 is 11.3 Å². The number of ether oxygens (including phenoxy) is 1. The van der Waals surface area contributed by atoms with Crippen LogP contribution in [-0.2, 0) is 13.7 Å². The van der Waals surface area contributed by atoms with Gasteiger partial charge in [0.15, 0.2) is 11.5 Å². The van der Waals surface area contributed by atoms with Crippen molar-refractivity contribution < 1.29 is 9.13 Å². The van der Waals surface area contributed by atoms with Crippen molar-refractivity contribution in [2.75, 3.05) is 0 Å². The molecule has 29 heavy (non-hydrogen) atoms. The van der Waals surface area contributed by atoms with Gasteiger partial charge in [-0.05, 0) is 29.6 Å². The minimum atomic E-state index is -0.412. The van der Waals surface area contributed by atoms with E-state index in [1.807, 2.05) is 23.6 Å². The Balaban J connectivity index is 1.64. The zero-order valence-electron chi connectivity index (χ0n) is 15.2. The molecule has 8 nitrogen and oxygen atoms in total. The van der Waals surface area contributed by atoms with Crippen LogP contribution in [0.15, 0.2) is 54.2 Å².